The zero-order valence-corrected chi connectivity index (χ0v) is 19.2. The normalized spacial score (nSPS) is 15.2. The molecule has 33 heavy (non-hydrogen) atoms. The average molecular weight is 442 g/mol. The van der Waals surface area contributed by atoms with Crippen LogP contribution in [0.4, 0.5) is 5.82 Å². The molecule has 1 amide bonds. The van der Waals surface area contributed by atoms with Crippen LogP contribution in [0.15, 0.2) is 54.6 Å². The Balaban J connectivity index is 1.57. The van der Waals surface area contributed by atoms with E-state index in [1.165, 1.54) is 5.56 Å². The third-order valence-corrected chi connectivity index (χ3v) is 6.35. The highest BCUT2D eigenvalue weighted by Crippen LogP contribution is 2.31. The molecular weight excluding hydrogens is 410 g/mol. The first-order chi connectivity index (χ1) is 16.2. The number of nitrogens with one attached hydrogen (secondary N) is 1. The van der Waals surface area contributed by atoms with E-state index in [0.29, 0.717) is 29.5 Å². The van der Waals surface area contributed by atoms with Gasteiger partial charge in [0.05, 0.1) is 17.1 Å². The fraction of sp³-hybridized carbons (Fsp3) is 0.407. The standard InChI is InChI=1S/C27H31N5O/c1-2-3-15-29-27(33)22(19-28)25-26(31-24-12-8-7-11-23(24)30-25)32-16-13-21(14-17-32)18-20-9-5-4-6-10-20/h4-12,21-22H,2-3,13-18H2,1H3,(H,29,33)/t22-/m1/s1. The van der Waals surface area contributed by atoms with Crippen molar-refractivity contribution in [3.63, 3.8) is 0 Å². The third-order valence-electron chi connectivity index (χ3n) is 6.35. The van der Waals surface area contributed by atoms with Gasteiger partial charge in [-0.1, -0.05) is 55.8 Å². The molecule has 4 rings (SSSR count). The summed E-state index contributed by atoms with van der Waals surface area (Å²) >= 11 is 0. The minimum Gasteiger partial charge on any atom is -0.355 e. The number of rotatable bonds is 8. The molecular formula is C27H31N5O. The average Bonchev–Trinajstić information content (AvgIpc) is 2.85. The first-order valence-electron chi connectivity index (χ1n) is 11.9. The number of anilines is 1. The minimum absolute atomic E-state index is 0.296. The Labute approximate surface area is 195 Å². The lowest BCUT2D eigenvalue weighted by Crippen LogP contribution is -2.37. The highest BCUT2D eigenvalue weighted by molar-refractivity contribution is 5.88. The van der Waals surface area contributed by atoms with Crippen LogP contribution in [0.1, 0.15) is 49.8 Å². The monoisotopic (exact) mass is 441 g/mol. The van der Waals surface area contributed by atoms with Crippen molar-refractivity contribution < 1.29 is 4.79 Å². The number of amides is 1. The number of piperidine rings is 1. The summed E-state index contributed by atoms with van der Waals surface area (Å²) in [4.78, 5) is 24.7. The summed E-state index contributed by atoms with van der Waals surface area (Å²) in [5, 5.41) is 12.8. The number of aromatic nitrogens is 2. The molecule has 6 heteroatoms. The molecule has 0 bridgehead atoms. The van der Waals surface area contributed by atoms with Crippen LogP contribution in [0, 0.1) is 17.2 Å². The number of nitriles is 1. The van der Waals surface area contributed by atoms with Crippen molar-refractivity contribution in [2.45, 2.75) is 44.9 Å². The number of nitrogens with zero attached hydrogens (tertiary/aromatic N) is 4. The van der Waals surface area contributed by atoms with E-state index in [4.69, 9.17) is 9.97 Å². The van der Waals surface area contributed by atoms with Crippen LogP contribution in [-0.2, 0) is 11.2 Å². The maximum Gasteiger partial charge on any atom is 0.243 e. The lowest BCUT2D eigenvalue weighted by molar-refractivity contribution is -0.121. The SMILES string of the molecule is CCCCNC(=O)[C@H](C#N)c1nc2ccccc2nc1N1CCC(Cc2ccccc2)CC1. The van der Waals surface area contributed by atoms with Crippen LogP contribution in [0.3, 0.4) is 0 Å². The number of hydrogen-bond donors (Lipinski definition) is 1. The van der Waals surface area contributed by atoms with Crippen molar-refractivity contribution in [3.8, 4) is 6.07 Å². The lowest BCUT2D eigenvalue weighted by atomic mass is 9.90. The number of fused-ring (bicyclic) bond motifs is 1. The summed E-state index contributed by atoms with van der Waals surface area (Å²) in [5.41, 5.74) is 3.32. The summed E-state index contributed by atoms with van der Waals surface area (Å²) in [6.45, 7) is 4.32. The van der Waals surface area contributed by atoms with Crippen molar-refractivity contribution in [1.29, 1.82) is 5.26 Å². The van der Waals surface area contributed by atoms with Gasteiger partial charge in [0.1, 0.15) is 5.69 Å². The predicted octanol–water partition coefficient (Wildman–Crippen LogP) is 4.61. The van der Waals surface area contributed by atoms with E-state index in [9.17, 15) is 10.1 Å². The summed E-state index contributed by atoms with van der Waals surface area (Å²) in [6, 6.07) is 20.5. The number of unbranched alkanes of at least 4 members (excludes halogenated alkanes) is 1. The van der Waals surface area contributed by atoms with E-state index in [0.717, 1.165) is 50.7 Å². The van der Waals surface area contributed by atoms with Gasteiger partial charge in [-0.25, -0.2) is 9.97 Å². The molecule has 3 aromatic rings. The Hall–Kier alpha value is -3.46. The van der Waals surface area contributed by atoms with Gasteiger partial charge in [0.15, 0.2) is 11.7 Å². The van der Waals surface area contributed by atoms with E-state index in [-0.39, 0.29) is 5.91 Å². The van der Waals surface area contributed by atoms with Gasteiger partial charge in [-0.3, -0.25) is 4.79 Å². The Bertz CT molecular complexity index is 1120. The zero-order valence-electron chi connectivity index (χ0n) is 19.2. The van der Waals surface area contributed by atoms with Crippen molar-refractivity contribution in [3.05, 3.63) is 65.9 Å². The van der Waals surface area contributed by atoms with Gasteiger partial charge >= 0.3 is 0 Å². The highest BCUT2D eigenvalue weighted by atomic mass is 16.1. The number of carbonyl (C=O) groups is 1. The summed E-state index contributed by atoms with van der Waals surface area (Å²) in [6.07, 6.45) is 5.03. The molecule has 0 radical (unpaired) electrons. The first-order valence-corrected chi connectivity index (χ1v) is 11.9. The molecule has 0 spiro atoms. The first kappa shape index (κ1) is 22.7. The number of benzene rings is 2. The molecule has 2 aromatic carbocycles. The van der Waals surface area contributed by atoms with Crippen molar-refractivity contribution >= 4 is 22.8 Å². The molecule has 0 aliphatic carbocycles. The van der Waals surface area contributed by atoms with Gasteiger partial charge in [0.2, 0.25) is 5.91 Å². The van der Waals surface area contributed by atoms with Crippen molar-refractivity contribution in [2.24, 2.45) is 5.92 Å². The minimum atomic E-state index is -0.976. The van der Waals surface area contributed by atoms with Gasteiger partial charge in [-0.05, 0) is 49.3 Å². The highest BCUT2D eigenvalue weighted by Gasteiger charge is 2.30. The quantitative estimate of drug-likeness (QED) is 0.516. The molecule has 170 valence electrons. The Kier molecular flexibility index (Phi) is 7.51. The second kappa shape index (κ2) is 10.9. The molecule has 2 heterocycles. The Morgan fingerprint density at radius 1 is 1.09 bits per heavy atom. The molecule has 1 fully saturated rings. The lowest BCUT2D eigenvalue weighted by Gasteiger charge is -2.34. The van der Waals surface area contributed by atoms with Crippen molar-refractivity contribution in [2.75, 3.05) is 24.5 Å². The molecule has 1 N–H and O–H groups in total. The van der Waals surface area contributed by atoms with Crippen LogP contribution in [0.5, 0.6) is 0 Å². The van der Waals surface area contributed by atoms with Gasteiger partial charge < -0.3 is 10.2 Å². The van der Waals surface area contributed by atoms with Gasteiger partial charge in [-0.2, -0.15) is 5.26 Å². The van der Waals surface area contributed by atoms with Crippen molar-refractivity contribution in [1.82, 2.24) is 15.3 Å². The predicted molar refractivity (Wildman–Crippen MR) is 131 cm³/mol. The molecule has 1 saturated heterocycles. The second-order valence-corrected chi connectivity index (χ2v) is 8.75. The van der Waals surface area contributed by atoms with Gasteiger partial charge in [0.25, 0.3) is 0 Å². The summed E-state index contributed by atoms with van der Waals surface area (Å²) in [7, 11) is 0. The molecule has 0 unspecified atom stereocenters. The smallest absolute Gasteiger partial charge is 0.243 e. The van der Waals surface area contributed by atoms with Crippen LogP contribution in [0.2, 0.25) is 0 Å². The molecule has 1 aromatic heterocycles. The fourth-order valence-corrected chi connectivity index (χ4v) is 4.46. The molecule has 6 nitrogen and oxygen atoms in total. The van der Waals surface area contributed by atoms with Gasteiger partial charge in [0, 0.05) is 19.6 Å². The largest absolute Gasteiger partial charge is 0.355 e. The molecule has 1 aliphatic rings. The van der Waals surface area contributed by atoms with Crippen LogP contribution in [-0.4, -0.2) is 35.5 Å². The van der Waals surface area contributed by atoms with Crippen LogP contribution < -0.4 is 10.2 Å². The summed E-state index contributed by atoms with van der Waals surface area (Å²) < 4.78 is 0. The van der Waals surface area contributed by atoms with E-state index in [1.54, 1.807) is 0 Å². The summed E-state index contributed by atoms with van der Waals surface area (Å²) in [5.74, 6) is 0.0143. The molecule has 0 saturated carbocycles. The topological polar surface area (TPSA) is 81.9 Å². The fourth-order valence-electron chi connectivity index (χ4n) is 4.46. The third kappa shape index (κ3) is 5.48. The van der Waals surface area contributed by atoms with Gasteiger partial charge in [-0.15, -0.1) is 0 Å². The second-order valence-electron chi connectivity index (χ2n) is 8.75. The maximum absolute atomic E-state index is 12.9. The number of para-hydroxylation sites is 2. The van der Waals surface area contributed by atoms with E-state index in [2.05, 4.69) is 53.5 Å². The Morgan fingerprint density at radius 2 is 1.76 bits per heavy atom. The number of carbonyl (C=O) groups excluding carboxylic acids is 1. The van der Waals surface area contributed by atoms with Crippen LogP contribution in [0.25, 0.3) is 11.0 Å². The molecule has 1 atom stereocenters. The zero-order chi connectivity index (χ0) is 23.0. The van der Waals surface area contributed by atoms with Crippen LogP contribution >= 0.6 is 0 Å². The number of hydrogen-bond acceptors (Lipinski definition) is 5. The van der Waals surface area contributed by atoms with E-state index < -0.39 is 5.92 Å². The Morgan fingerprint density at radius 3 is 2.42 bits per heavy atom. The van der Waals surface area contributed by atoms with E-state index >= 15 is 0 Å². The molecule has 1 aliphatic heterocycles. The van der Waals surface area contributed by atoms with E-state index in [1.807, 2.05) is 24.3 Å². The maximum atomic E-state index is 12.9.